The molecular weight excluding hydrogens is 424 g/mol. The van der Waals surface area contributed by atoms with Crippen LogP contribution in [0.4, 0.5) is 5.69 Å². The summed E-state index contributed by atoms with van der Waals surface area (Å²) in [6.07, 6.45) is 3.51. The standard InChI is InChI=1S/C24H26N4O3S/c1-19-7-8-21(17-23(19)32(30,31)26-18-20-5-3-2-4-6-20)24(29)28-15-13-27(14-16-28)22-9-11-25-12-10-22/h2-12,17,26H,13-16,18H2,1H3. The molecule has 0 saturated carbocycles. The Bertz CT molecular complexity index is 1180. The average molecular weight is 451 g/mol. The van der Waals surface area contributed by atoms with Gasteiger partial charge in [0, 0.05) is 56.4 Å². The van der Waals surface area contributed by atoms with Gasteiger partial charge in [-0.15, -0.1) is 0 Å². The lowest BCUT2D eigenvalue weighted by atomic mass is 10.1. The number of hydrogen-bond donors (Lipinski definition) is 1. The normalized spacial score (nSPS) is 14.4. The Morgan fingerprint density at radius 1 is 0.969 bits per heavy atom. The number of carbonyl (C=O) groups excluding carboxylic acids is 1. The lowest BCUT2D eigenvalue weighted by molar-refractivity contribution is 0.0746. The van der Waals surface area contributed by atoms with Crippen LogP contribution in [0.15, 0.2) is 78.0 Å². The number of pyridine rings is 1. The zero-order valence-corrected chi connectivity index (χ0v) is 18.8. The molecule has 32 heavy (non-hydrogen) atoms. The van der Waals surface area contributed by atoms with Gasteiger partial charge in [0.2, 0.25) is 10.0 Å². The number of aryl methyl sites for hydroxylation is 1. The molecule has 8 heteroatoms. The van der Waals surface area contributed by atoms with Crippen molar-refractivity contribution < 1.29 is 13.2 Å². The topological polar surface area (TPSA) is 82.6 Å². The highest BCUT2D eigenvalue weighted by Gasteiger charge is 2.24. The molecule has 1 aliphatic heterocycles. The summed E-state index contributed by atoms with van der Waals surface area (Å²) in [5.41, 5.74) is 2.94. The third kappa shape index (κ3) is 4.98. The fraction of sp³-hybridized carbons (Fsp3) is 0.250. The zero-order chi connectivity index (χ0) is 22.6. The number of sulfonamides is 1. The van der Waals surface area contributed by atoms with E-state index in [1.54, 1.807) is 36.4 Å². The number of amides is 1. The molecule has 1 N–H and O–H groups in total. The van der Waals surface area contributed by atoms with Crippen LogP contribution in [0.2, 0.25) is 0 Å². The molecule has 1 aliphatic rings. The third-order valence-corrected chi connectivity index (χ3v) is 7.17. The van der Waals surface area contributed by atoms with Gasteiger partial charge < -0.3 is 9.80 Å². The van der Waals surface area contributed by atoms with E-state index in [0.29, 0.717) is 37.3 Å². The number of piperazine rings is 1. The van der Waals surface area contributed by atoms with Crippen LogP contribution in [0.25, 0.3) is 0 Å². The summed E-state index contributed by atoms with van der Waals surface area (Å²) in [7, 11) is -3.76. The van der Waals surface area contributed by atoms with Gasteiger partial charge in [-0.25, -0.2) is 13.1 Å². The predicted molar refractivity (Wildman–Crippen MR) is 124 cm³/mol. The molecule has 0 atom stereocenters. The number of aromatic nitrogens is 1. The number of nitrogens with one attached hydrogen (secondary N) is 1. The molecule has 7 nitrogen and oxygen atoms in total. The molecule has 0 aliphatic carbocycles. The molecule has 2 heterocycles. The van der Waals surface area contributed by atoms with Crippen molar-refractivity contribution in [2.24, 2.45) is 0 Å². The van der Waals surface area contributed by atoms with Gasteiger partial charge in [-0.05, 0) is 42.3 Å². The summed E-state index contributed by atoms with van der Waals surface area (Å²) < 4.78 is 28.5. The molecule has 4 rings (SSSR count). The molecule has 3 aromatic rings. The first-order chi connectivity index (χ1) is 15.4. The summed E-state index contributed by atoms with van der Waals surface area (Å²) in [4.78, 5) is 21.3. The number of nitrogens with zero attached hydrogens (tertiary/aromatic N) is 3. The highest BCUT2D eigenvalue weighted by atomic mass is 32.2. The fourth-order valence-corrected chi connectivity index (χ4v) is 5.07. The van der Waals surface area contributed by atoms with Gasteiger partial charge in [0.05, 0.1) is 4.90 Å². The van der Waals surface area contributed by atoms with Crippen LogP contribution >= 0.6 is 0 Å². The Labute approximate surface area is 188 Å². The van der Waals surface area contributed by atoms with E-state index in [1.165, 1.54) is 6.07 Å². The first-order valence-electron chi connectivity index (χ1n) is 10.5. The Balaban J connectivity index is 1.45. The maximum Gasteiger partial charge on any atom is 0.254 e. The van der Waals surface area contributed by atoms with Gasteiger partial charge >= 0.3 is 0 Å². The molecule has 1 fully saturated rings. The molecule has 0 spiro atoms. The van der Waals surface area contributed by atoms with Crippen LogP contribution in [0.3, 0.4) is 0 Å². The van der Waals surface area contributed by atoms with E-state index in [9.17, 15) is 13.2 Å². The SMILES string of the molecule is Cc1ccc(C(=O)N2CCN(c3ccncc3)CC2)cc1S(=O)(=O)NCc1ccccc1. The van der Waals surface area contributed by atoms with Crippen molar-refractivity contribution in [3.63, 3.8) is 0 Å². The monoisotopic (exact) mass is 450 g/mol. The van der Waals surface area contributed by atoms with Crippen LogP contribution in [0.1, 0.15) is 21.5 Å². The lowest BCUT2D eigenvalue weighted by Gasteiger charge is -2.36. The first-order valence-corrected chi connectivity index (χ1v) is 12.0. The van der Waals surface area contributed by atoms with Gasteiger partial charge in [0.1, 0.15) is 0 Å². The second-order valence-electron chi connectivity index (χ2n) is 7.78. The van der Waals surface area contributed by atoms with E-state index in [0.717, 1.165) is 11.3 Å². The minimum atomic E-state index is -3.76. The summed E-state index contributed by atoms with van der Waals surface area (Å²) >= 11 is 0. The molecule has 0 radical (unpaired) electrons. The van der Waals surface area contributed by atoms with Gasteiger partial charge in [-0.3, -0.25) is 9.78 Å². The minimum absolute atomic E-state index is 0.134. The maximum absolute atomic E-state index is 13.1. The molecule has 166 valence electrons. The smallest absolute Gasteiger partial charge is 0.254 e. The molecule has 2 aromatic carbocycles. The second kappa shape index (κ2) is 9.50. The Hall–Kier alpha value is -3.23. The van der Waals surface area contributed by atoms with Crippen LogP contribution in [0, 0.1) is 6.92 Å². The first kappa shape index (κ1) is 22.0. The molecule has 1 aromatic heterocycles. The van der Waals surface area contributed by atoms with Crippen molar-refractivity contribution in [1.29, 1.82) is 0 Å². The maximum atomic E-state index is 13.1. The summed E-state index contributed by atoms with van der Waals surface area (Å²) in [5.74, 6) is -0.154. The highest BCUT2D eigenvalue weighted by molar-refractivity contribution is 7.89. The largest absolute Gasteiger partial charge is 0.368 e. The number of anilines is 1. The van der Waals surface area contributed by atoms with E-state index >= 15 is 0 Å². The van der Waals surface area contributed by atoms with E-state index in [1.807, 2.05) is 42.5 Å². The molecular formula is C24H26N4O3S. The minimum Gasteiger partial charge on any atom is -0.368 e. The number of hydrogen-bond acceptors (Lipinski definition) is 5. The summed E-state index contributed by atoms with van der Waals surface area (Å²) in [5, 5.41) is 0. The van der Waals surface area contributed by atoms with Gasteiger partial charge in [-0.1, -0.05) is 36.4 Å². The fourth-order valence-electron chi connectivity index (χ4n) is 3.78. The van der Waals surface area contributed by atoms with Crippen molar-refractivity contribution in [3.05, 3.63) is 89.7 Å². The van der Waals surface area contributed by atoms with Gasteiger partial charge in [0.15, 0.2) is 0 Å². The van der Waals surface area contributed by atoms with Crippen molar-refractivity contribution >= 4 is 21.6 Å². The van der Waals surface area contributed by atoms with Crippen molar-refractivity contribution in [2.45, 2.75) is 18.4 Å². The van der Waals surface area contributed by atoms with Gasteiger partial charge in [-0.2, -0.15) is 0 Å². The number of rotatable bonds is 6. The number of carbonyl (C=O) groups is 1. The Morgan fingerprint density at radius 2 is 1.66 bits per heavy atom. The van der Waals surface area contributed by atoms with E-state index in [4.69, 9.17) is 0 Å². The third-order valence-electron chi connectivity index (χ3n) is 5.63. The van der Waals surface area contributed by atoms with Crippen LogP contribution in [0.5, 0.6) is 0 Å². The number of benzene rings is 2. The average Bonchev–Trinajstić information content (AvgIpc) is 2.84. The van der Waals surface area contributed by atoms with Crippen LogP contribution in [-0.2, 0) is 16.6 Å². The van der Waals surface area contributed by atoms with Crippen LogP contribution < -0.4 is 9.62 Å². The summed E-state index contributed by atoms with van der Waals surface area (Å²) in [6.45, 7) is 4.50. The van der Waals surface area contributed by atoms with Gasteiger partial charge in [0.25, 0.3) is 5.91 Å². The highest BCUT2D eigenvalue weighted by Crippen LogP contribution is 2.20. The summed E-state index contributed by atoms with van der Waals surface area (Å²) in [6, 6.07) is 18.1. The van der Waals surface area contributed by atoms with Crippen molar-refractivity contribution in [2.75, 3.05) is 31.1 Å². The van der Waals surface area contributed by atoms with E-state index < -0.39 is 10.0 Å². The second-order valence-corrected chi connectivity index (χ2v) is 9.51. The van der Waals surface area contributed by atoms with E-state index in [2.05, 4.69) is 14.6 Å². The quantitative estimate of drug-likeness (QED) is 0.625. The zero-order valence-electron chi connectivity index (χ0n) is 17.9. The van der Waals surface area contributed by atoms with Crippen molar-refractivity contribution in [3.8, 4) is 0 Å². The molecule has 0 unspecified atom stereocenters. The Kier molecular flexibility index (Phi) is 6.53. The molecule has 1 saturated heterocycles. The van der Waals surface area contributed by atoms with Crippen LogP contribution in [-0.4, -0.2) is 50.4 Å². The molecule has 1 amide bonds. The lowest BCUT2D eigenvalue weighted by Crippen LogP contribution is -2.48. The predicted octanol–water partition coefficient (Wildman–Crippen LogP) is 2.83. The van der Waals surface area contributed by atoms with Crippen molar-refractivity contribution in [1.82, 2.24) is 14.6 Å². The van der Waals surface area contributed by atoms with E-state index in [-0.39, 0.29) is 17.3 Å². The Morgan fingerprint density at radius 3 is 2.34 bits per heavy atom. The molecule has 0 bridgehead atoms.